The lowest BCUT2D eigenvalue weighted by molar-refractivity contribution is -0.113. The summed E-state index contributed by atoms with van der Waals surface area (Å²) in [6.45, 7) is 3.90. The van der Waals surface area contributed by atoms with Crippen molar-refractivity contribution in [3.8, 4) is 11.4 Å². The first kappa shape index (κ1) is 18.2. The number of carbonyl (C=O) groups excluding carboxylic acids is 1. The largest absolute Gasteiger partial charge is 0.511 e. The van der Waals surface area contributed by atoms with Gasteiger partial charge < -0.3 is 14.8 Å². The number of nitrogens with zero attached hydrogens (tertiary/aromatic N) is 3. The van der Waals surface area contributed by atoms with Crippen LogP contribution in [0.5, 0.6) is 0 Å². The van der Waals surface area contributed by atoms with E-state index in [1.54, 1.807) is 7.11 Å². The summed E-state index contributed by atoms with van der Waals surface area (Å²) in [5.41, 5.74) is 1.93. The number of nitrogens with one attached hydrogen (secondary N) is 1. The summed E-state index contributed by atoms with van der Waals surface area (Å²) in [4.78, 5) is 15.3. The SMILES string of the molecule is COCCn1c(S/C(C(C)=O)=C(/C)O)nnc1-c1c[nH]c2ccccc12. The van der Waals surface area contributed by atoms with Crippen LogP contribution >= 0.6 is 11.8 Å². The number of aliphatic hydroxyl groups is 1. The third kappa shape index (κ3) is 3.51. The van der Waals surface area contributed by atoms with Gasteiger partial charge in [-0.05, 0) is 31.7 Å². The molecule has 0 unspecified atom stereocenters. The normalized spacial score (nSPS) is 12.4. The molecule has 2 aromatic heterocycles. The molecule has 26 heavy (non-hydrogen) atoms. The second-order valence-electron chi connectivity index (χ2n) is 5.77. The molecule has 0 amide bonds. The van der Waals surface area contributed by atoms with Gasteiger partial charge in [0.1, 0.15) is 5.76 Å². The molecule has 0 fully saturated rings. The maximum Gasteiger partial charge on any atom is 0.196 e. The number of carbonyl (C=O) groups is 1. The van der Waals surface area contributed by atoms with Crippen LogP contribution in [0.1, 0.15) is 13.8 Å². The van der Waals surface area contributed by atoms with Crippen molar-refractivity contribution in [3.63, 3.8) is 0 Å². The summed E-state index contributed by atoms with van der Waals surface area (Å²) >= 11 is 1.11. The Morgan fingerprint density at radius 2 is 2.08 bits per heavy atom. The average molecular weight is 372 g/mol. The van der Waals surface area contributed by atoms with Crippen LogP contribution in [-0.4, -0.2) is 44.4 Å². The lowest BCUT2D eigenvalue weighted by atomic mass is 10.1. The minimum absolute atomic E-state index is 0.0302. The van der Waals surface area contributed by atoms with Crippen molar-refractivity contribution in [3.05, 3.63) is 41.1 Å². The molecule has 8 heteroatoms. The Morgan fingerprint density at radius 1 is 1.31 bits per heavy atom. The smallest absolute Gasteiger partial charge is 0.196 e. The number of hydrogen-bond donors (Lipinski definition) is 2. The molecule has 2 N–H and O–H groups in total. The van der Waals surface area contributed by atoms with Gasteiger partial charge in [-0.15, -0.1) is 10.2 Å². The molecule has 0 radical (unpaired) electrons. The van der Waals surface area contributed by atoms with Crippen molar-refractivity contribution in [2.24, 2.45) is 0 Å². The van der Waals surface area contributed by atoms with E-state index in [1.807, 2.05) is 35.0 Å². The first-order valence-electron chi connectivity index (χ1n) is 8.10. The fourth-order valence-corrected chi connectivity index (χ4v) is 3.54. The van der Waals surface area contributed by atoms with Gasteiger partial charge in [-0.2, -0.15) is 0 Å². The first-order valence-corrected chi connectivity index (χ1v) is 8.91. The molecule has 0 aliphatic heterocycles. The van der Waals surface area contributed by atoms with Gasteiger partial charge in [-0.3, -0.25) is 9.36 Å². The molecule has 3 aromatic rings. The number of allylic oxidation sites excluding steroid dienone is 2. The molecule has 0 saturated heterocycles. The van der Waals surface area contributed by atoms with Crippen molar-refractivity contribution in [2.45, 2.75) is 25.5 Å². The number of H-pyrrole nitrogens is 1. The molecule has 0 aliphatic carbocycles. The number of aromatic nitrogens is 4. The summed E-state index contributed by atoms with van der Waals surface area (Å²) in [6, 6.07) is 7.95. The summed E-state index contributed by atoms with van der Waals surface area (Å²) in [7, 11) is 1.63. The van der Waals surface area contributed by atoms with E-state index in [0.29, 0.717) is 24.1 Å². The van der Waals surface area contributed by atoms with Crippen LogP contribution in [0, 0.1) is 0 Å². The standard InChI is InChI=1S/C18H20N4O3S/c1-11(23)16(12(2)24)26-18-21-20-17(22(18)8-9-25-3)14-10-19-15-7-5-4-6-13(14)15/h4-7,10,19,23H,8-9H2,1-3H3/b16-11-. The van der Waals surface area contributed by atoms with E-state index >= 15 is 0 Å². The van der Waals surface area contributed by atoms with Crippen LogP contribution in [0.15, 0.2) is 46.3 Å². The Hall–Kier alpha value is -2.58. The van der Waals surface area contributed by atoms with Gasteiger partial charge >= 0.3 is 0 Å². The second kappa shape index (κ2) is 7.76. The fourth-order valence-electron chi connectivity index (χ4n) is 2.70. The van der Waals surface area contributed by atoms with Gasteiger partial charge in [0.2, 0.25) is 0 Å². The molecular formula is C18H20N4O3S. The summed E-state index contributed by atoms with van der Waals surface area (Å²) in [6.07, 6.45) is 1.89. The molecule has 0 bridgehead atoms. The number of aromatic amines is 1. The number of aliphatic hydroxyl groups excluding tert-OH is 1. The molecule has 0 spiro atoms. The highest BCUT2D eigenvalue weighted by atomic mass is 32.2. The van der Waals surface area contributed by atoms with Crippen LogP contribution in [0.4, 0.5) is 0 Å². The summed E-state index contributed by atoms with van der Waals surface area (Å²) in [5, 5.41) is 19.9. The lowest BCUT2D eigenvalue weighted by Gasteiger charge is -2.10. The molecular weight excluding hydrogens is 352 g/mol. The summed E-state index contributed by atoms with van der Waals surface area (Å²) < 4.78 is 7.11. The number of benzene rings is 1. The predicted molar refractivity (Wildman–Crippen MR) is 101 cm³/mol. The van der Waals surface area contributed by atoms with Gasteiger partial charge in [0, 0.05) is 29.8 Å². The van der Waals surface area contributed by atoms with Crippen molar-refractivity contribution in [1.29, 1.82) is 0 Å². The van der Waals surface area contributed by atoms with E-state index < -0.39 is 0 Å². The Balaban J connectivity index is 2.08. The van der Waals surface area contributed by atoms with Crippen molar-refractivity contribution >= 4 is 28.4 Å². The van der Waals surface area contributed by atoms with Crippen LogP contribution < -0.4 is 0 Å². The minimum atomic E-state index is -0.218. The maximum absolute atomic E-state index is 11.8. The van der Waals surface area contributed by atoms with Gasteiger partial charge in [0.15, 0.2) is 16.8 Å². The van der Waals surface area contributed by atoms with Gasteiger partial charge in [0.05, 0.1) is 18.1 Å². The molecule has 3 rings (SSSR count). The van der Waals surface area contributed by atoms with E-state index in [-0.39, 0.29) is 16.4 Å². The van der Waals surface area contributed by atoms with Crippen LogP contribution in [0.3, 0.4) is 0 Å². The molecule has 2 heterocycles. The number of ether oxygens (including phenoxy) is 1. The number of methoxy groups -OCH3 is 1. The number of hydrogen-bond acceptors (Lipinski definition) is 6. The molecule has 7 nitrogen and oxygen atoms in total. The lowest BCUT2D eigenvalue weighted by Crippen LogP contribution is -2.08. The molecule has 136 valence electrons. The van der Waals surface area contributed by atoms with E-state index in [9.17, 15) is 9.90 Å². The Labute approximate surface area is 155 Å². The molecule has 0 aliphatic rings. The number of para-hydroxylation sites is 1. The van der Waals surface area contributed by atoms with Crippen LogP contribution in [-0.2, 0) is 16.1 Å². The van der Waals surface area contributed by atoms with Crippen molar-refractivity contribution in [1.82, 2.24) is 19.7 Å². The van der Waals surface area contributed by atoms with E-state index in [0.717, 1.165) is 28.2 Å². The highest BCUT2D eigenvalue weighted by Crippen LogP contribution is 2.33. The number of fused-ring (bicyclic) bond motifs is 1. The predicted octanol–water partition coefficient (Wildman–Crippen LogP) is 3.54. The number of Topliss-reactive ketones (excluding diaryl/α,β-unsaturated/α-hetero) is 1. The summed E-state index contributed by atoms with van der Waals surface area (Å²) in [5.74, 6) is 0.433. The van der Waals surface area contributed by atoms with Gasteiger partial charge in [-0.25, -0.2) is 0 Å². The van der Waals surface area contributed by atoms with E-state index in [1.165, 1.54) is 13.8 Å². The Morgan fingerprint density at radius 3 is 2.77 bits per heavy atom. The van der Waals surface area contributed by atoms with Gasteiger partial charge in [-0.1, -0.05) is 18.2 Å². The number of rotatable bonds is 7. The zero-order chi connectivity index (χ0) is 18.7. The van der Waals surface area contributed by atoms with Gasteiger partial charge in [0.25, 0.3) is 0 Å². The van der Waals surface area contributed by atoms with Crippen LogP contribution in [0.2, 0.25) is 0 Å². The van der Waals surface area contributed by atoms with Crippen LogP contribution in [0.25, 0.3) is 22.3 Å². The average Bonchev–Trinajstić information content (AvgIpc) is 3.20. The third-order valence-corrected chi connectivity index (χ3v) is 5.18. The van der Waals surface area contributed by atoms with E-state index in [2.05, 4.69) is 15.2 Å². The molecule has 0 saturated carbocycles. The quantitative estimate of drug-likeness (QED) is 0.374. The monoisotopic (exact) mass is 372 g/mol. The third-order valence-electron chi connectivity index (χ3n) is 3.91. The Kier molecular flexibility index (Phi) is 5.43. The fraction of sp³-hybridized carbons (Fsp3) is 0.278. The highest BCUT2D eigenvalue weighted by Gasteiger charge is 2.20. The topological polar surface area (TPSA) is 93.0 Å². The van der Waals surface area contributed by atoms with E-state index in [4.69, 9.17) is 4.74 Å². The molecule has 0 atom stereocenters. The number of thioether (sulfide) groups is 1. The Bertz CT molecular complexity index is 970. The zero-order valence-electron chi connectivity index (χ0n) is 14.8. The second-order valence-corrected chi connectivity index (χ2v) is 6.75. The highest BCUT2D eigenvalue weighted by molar-refractivity contribution is 8.03. The zero-order valence-corrected chi connectivity index (χ0v) is 15.6. The first-order chi connectivity index (χ1) is 12.5. The van der Waals surface area contributed by atoms with Crippen molar-refractivity contribution in [2.75, 3.05) is 13.7 Å². The maximum atomic E-state index is 11.8. The van der Waals surface area contributed by atoms with Crippen molar-refractivity contribution < 1.29 is 14.6 Å². The number of ketones is 1. The minimum Gasteiger partial charge on any atom is -0.511 e. The molecule has 1 aromatic carbocycles.